The molecule has 1 aromatic heterocycles. The standard InChI is InChI=1S/C66H44N2/c1-2-17-46(18-3-1)57-42-37-50(54-29-16-21-45-19-4-6-22-53(45)54)44-66(57)67(52-40-35-48(36-41-52)62-43-49-20-5-7-23-55(49)58-25-8-9-26-59(58)62)51-38-33-47(34-39-51)56-24-10-13-30-63(56)68-64-31-14-11-27-60(64)61-28-12-15-32-65(61)68/h1-44H. The molecule has 68 heavy (non-hydrogen) atoms. The molecule has 0 unspecified atom stereocenters. The number of anilines is 3. The van der Waals surface area contributed by atoms with Gasteiger partial charge in [0.2, 0.25) is 0 Å². The van der Waals surface area contributed by atoms with Crippen LogP contribution in [0.5, 0.6) is 0 Å². The zero-order valence-corrected chi connectivity index (χ0v) is 37.3. The van der Waals surface area contributed by atoms with Crippen molar-refractivity contribution in [2.45, 2.75) is 0 Å². The number of hydrogen-bond acceptors (Lipinski definition) is 1. The fraction of sp³-hybridized carbons (Fsp3) is 0. The van der Waals surface area contributed by atoms with Crippen molar-refractivity contribution >= 4 is 71.2 Å². The van der Waals surface area contributed by atoms with Crippen LogP contribution >= 0.6 is 0 Å². The van der Waals surface area contributed by atoms with Gasteiger partial charge >= 0.3 is 0 Å². The predicted octanol–water partition coefficient (Wildman–Crippen LogP) is 18.4. The van der Waals surface area contributed by atoms with Crippen LogP contribution in [0.4, 0.5) is 17.1 Å². The maximum absolute atomic E-state index is 2.45. The fourth-order valence-electron chi connectivity index (χ4n) is 10.6. The second kappa shape index (κ2) is 16.5. The van der Waals surface area contributed by atoms with Gasteiger partial charge in [0.05, 0.1) is 22.4 Å². The Morgan fingerprint density at radius 3 is 1.44 bits per heavy atom. The molecule has 0 saturated heterocycles. The minimum Gasteiger partial charge on any atom is -0.310 e. The van der Waals surface area contributed by atoms with Crippen LogP contribution in [0.1, 0.15) is 0 Å². The Bertz CT molecular complexity index is 3950. The summed E-state index contributed by atoms with van der Waals surface area (Å²) in [5.74, 6) is 0. The van der Waals surface area contributed by atoms with Gasteiger partial charge in [-0.15, -0.1) is 0 Å². The Morgan fingerprint density at radius 1 is 0.250 bits per heavy atom. The Hall–Kier alpha value is -8.98. The quantitative estimate of drug-likeness (QED) is 0.138. The Balaban J connectivity index is 0.999. The van der Waals surface area contributed by atoms with Crippen molar-refractivity contribution in [2.24, 2.45) is 0 Å². The van der Waals surface area contributed by atoms with Gasteiger partial charge in [-0.05, 0) is 120 Å². The summed E-state index contributed by atoms with van der Waals surface area (Å²) in [6.45, 7) is 0. The first-order valence-electron chi connectivity index (χ1n) is 23.4. The van der Waals surface area contributed by atoms with Crippen LogP contribution in [0.15, 0.2) is 267 Å². The van der Waals surface area contributed by atoms with Gasteiger partial charge in [-0.1, -0.05) is 212 Å². The number of nitrogens with zero attached hydrogens (tertiary/aromatic N) is 2. The van der Waals surface area contributed by atoms with E-state index in [-0.39, 0.29) is 0 Å². The summed E-state index contributed by atoms with van der Waals surface area (Å²) in [5, 5.41) is 10.0. The highest BCUT2D eigenvalue weighted by Gasteiger charge is 2.21. The molecule has 318 valence electrons. The van der Waals surface area contributed by atoms with E-state index in [9.17, 15) is 0 Å². The lowest BCUT2D eigenvalue weighted by molar-refractivity contribution is 1.18. The van der Waals surface area contributed by atoms with Crippen molar-refractivity contribution in [3.63, 3.8) is 0 Å². The molecular formula is C66H44N2. The number of fused-ring (bicyclic) bond motifs is 7. The second-order valence-corrected chi connectivity index (χ2v) is 17.6. The van der Waals surface area contributed by atoms with Gasteiger partial charge < -0.3 is 9.47 Å². The van der Waals surface area contributed by atoms with Crippen LogP contribution in [-0.4, -0.2) is 4.57 Å². The van der Waals surface area contributed by atoms with Gasteiger partial charge in [0.25, 0.3) is 0 Å². The Morgan fingerprint density at radius 2 is 0.735 bits per heavy atom. The smallest absolute Gasteiger partial charge is 0.0546 e. The third-order valence-electron chi connectivity index (χ3n) is 13.8. The topological polar surface area (TPSA) is 8.17 Å². The largest absolute Gasteiger partial charge is 0.310 e. The summed E-state index contributed by atoms with van der Waals surface area (Å²) in [4.78, 5) is 2.45. The van der Waals surface area contributed by atoms with Crippen LogP contribution in [0.25, 0.3) is 104 Å². The highest BCUT2D eigenvalue weighted by atomic mass is 15.1. The maximum atomic E-state index is 2.45. The zero-order chi connectivity index (χ0) is 45.0. The number of para-hydroxylation sites is 3. The van der Waals surface area contributed by atoms with Crippen LogP contribution in [0.3, 0.4) is 0 Å². The van der Waals surface area contributed by atoms with Crippen LogP contribution in [0, 0.1) is 0 Å². The van der Waals surface area contributed by atoms with E-state index >= 15 is 0 Å². The predicted molar refractivity (Wildman–Crippen MR) is 290 cm³/mol. The van der Waals surface area contributed by atoms with E-state index in [2.05, 4.69) is 276 Å². The Kier molecular flexibility index (Phi) is 9.54. The fourth-order valence-corrected chi connectivity index (χ4v) is 10.6. The van der Waals surface area contributed by atoms with Gasteiger partial charge in [0, 0.05) is 33.3 Å². The van der Waals surface area contributed by atoms with E-state index < -0.39 is 0 Å². The van der Waals surface area contributed by atoms with Crippen molar-refractivity contribution in [3.8, 4) is 50.2 Å². The van der Waals surface area contributed by atoms with Gasteiger partial charge in [0.15, 0.2) is 0 Å². The summed E-state index contributed by atoms with van der Waals surface area (Å²) in [7, 11) is 0. The summed E-state index contributed by atoms with van der Waals surface area (Å²) in [6.07, 6.45) is 0. The first-order chi connectivity index (χ1) is 33.7. The van der Waals surface area contributed by atoms with Gasteiger partial charge in [-0.2, -0.15) is 0 Å². The zero-order valence-electron chi connectivity index (χ0n) is 37.3. The van der Waals surface area contributed by atoms with E-state index in [4.69, 9.17) is 0 Å². The van der Waals surface area contributed by atoms with Crippen LogP contribution < -0.4 is 4.90 Å². The molecule has 2 heteroatoms. The molecule has 13 aromatic rings. The molecule has 0 radical (unpaired) electrons. The number of rotatable bonds is 8. The summed E-state index contributed by atoms with van der Waals surface area (Å²) in [6, 6.07) is 97.6. The summed E-state index contributed by atoms with van der Waals surface area (Å²) in [5.41, 5.74) is 16.2. The molecule has 12 aromatic carbocycles. The minimum absolute atomic E-state index is 1.07. The summed E-state index contributed by atoms with van der Waals surface area (Å²) >= 11 is 0. The van der Waals surface area contributed by atoms with Crippen molar-refractivity contribution in [1.82, 2.24) is 4.57 Å². The normalized spacial score (nSPS) is 11.5. The lowest BCUT2D eigenvalue weighted by atomic mass is 9.92. The molecule has 2 nitrogen and oxygen atoms in total. The molecule has 0 fully saturated rings. The third-order valence-corrected chi connectivity index (χ3v) is 13.8. The molecule has 0 bridgehead atoms. The van der Waals surface area contributed by atoms with Gasteiger partial charge in [0.1, 0.15) is 0 Å². The molecule has 13 rings (SSSR count). The van der Waals surface area contributed by atoms with Gasteiger partial charge in [-0.25, -0.2) is 0 Å². The first-order valence-corrected chi connectivity index (χ1v) is 23.4. The number of benzene rings is 12. The first kappa shape index (κ1) is 39.4. The van der Waals surface area contributed by atoms with Gasteiger partial charge in [-0.3, -0.25) is 0 Å². The van der Waals surface area contributed by atoms with Crippen molar-refractivity contribution < 1.29 is 0 Å². The van der Waals surface area contributed by atoms with Crippen molar-refractivity contribution in [1.29, 1.82) is 0 Å². The number of aromatic nitrogens is 1. The van der Waals surface area contributed by atoms with Crippen LogP contribution in [-0.2, 0) is 0 Å². The molecule has 1 heterocycles. The molecule has 0 N–H and O–H groups in total. The molecule has 0 aliphatic rings. The molecule has 0 amide bonds. The van der Waals surface area contributed by atoms with E-state index in [1.54, 1.807) is 0 Å². The van der Waals surface area contributed by atoms with Crippen molar-refractivity contribution in [3.05, 3.63) is 267 Å². The minimum atomic E-state index is 1.07. The lowest BCUT2D eigenvalue weighted by Gasteiger charge is -2.29. The molecule has 0 aliphatic heterocycles. The SMILES string of the molecule is c1ccc(-c2ccc(-c3cccc4ccccc34)cc2N(c2ccc(-c3ccccc3-n3c4ccccc4c4ccccc43)cc2)c2ccc(-c3cc4ccccc4c4ccccc34)cc2)cc1. The Labute approximate surface area is 395 Å². The van der Waals surface area contributed by atoms with E-state index in [0.717, 1.165) is 45.0 Å². The highest BCUT2D eigenvalue weighted by Crippen LogP contribution is 2.46. The summed E-state index contributed by atoms with van der Waals surface area (Å²) < 4.78 is 2.42. The lowest BCUT2D eigenvalue weighted by Crippen LogP contribution is -2.11. The molecule has 0 saturated carbocycles. The third kappa shape index (κ3) is 6.65. The average Bonchev–Trinajstić information content (AvgIpc) is 3.75. The molecular weight excluding hydrogens is 821 g/mol. The number of hydrogen-bond donors (Lipinski definition) is 0. The molecule has 0 atom stereocenters. The van der Waals surface area contributed by atoms with E-state index in [1.807, 2.05) is 0 Å². The second-order valence-electron chi connectivity index (χ2n) is 17.6. The van der Waals surface area contributed by atoms with E-state index in [0.29, 0.717) is 0 Å². The van der Waals surface area contributed by atoms with E-state index in [1.165, 1.54) is 76.4 Å². The average molecular weight is 865 g/mol. The molecule has 0 spiro atoms. The monoisotopic (exact) mass is 864 g/mol. The molecule has 0 aliphatic carbocycles. The maximum Gasteiger partial charge on any atom is 0.0546 e. The van der Waals surface area contributed by atoms with Crippen molar-refractivity contribution in [2.75, 3.05) is 4.90 Å². The highest BCUT2D eigenvalue weighted by molar-refractivity contribution is 6.14. The van der Waals surface area contributed by atoms with Crippen LogP contribution in [0.2, 0.25) is 0 Å².